The highest BCUT2D eigenvalue weighted by molar-refractivity contribution is 7.13. The van der Waals surface area contributed by atoms with Gasteiger partial charge < -0.3 is 9.84 Å². The van der Waals surface area contributed by atoms with Crippen molar-refractivity contribution in [3.05, 3.63) is 40.9 Å². The molecule has 0 bridgehead atoms. The van der Waals surface area contributed by atoms with Crippen LogP contribution in [0.2, 0.25) is 0 Å². The van der Waals surface area contributed by atoms with Crippen LogP contribution in [0, 0.1) is 0 Å². The molecule has 1 heterocycles. The molecule has 0 unspecified atom stereocenters. The van der Waals surface area contributed by atoms with Gasteiger partial charge in [-0.05, 0) is 12.5 Å². The van der Waals surface area contributed by atoms with E-state index in [1.165, 1.54) is 11.3 Å². The lowest BCUT2D eigenvalue weighted by Gasteiger charge is -2.02. The lowest BCUT2D eigenvalue weighted by molar-refractivity contribution is -0.136. The molecule has 0 aliphatic rings. The van der Waals surface area contributed by atoms with Crippen molar-refractivity contribution in [2.45, 2.75) is 20.0 Å². The van der Waals surface area contributed by atoms with E-state index in [1.54, 1.807) is 5.38 Å². The quantitative estimate of drug-likeness (QED) is 0.882. The lowest BCUT2D eigenvalue weighted by atomic mass is 10.1. The Morgan fingerprint density at radius 2 is 2.11 bits per heavy atom. The summed E-state index contributed by atoms with van der Waals surface area (Å²) in [5.74, 6) is -0.857. The van der Waals surface area contributed by atoms with Gasteiger partial charge in [0.25, 0.3) is 0 Å². The maximum Gasteiger partial charge on any atom is 0.309 e. The number of hydrogen-bond donors (Lipinski definition) is 1. The molecular formula is C14H15NO3S. The van der Waals surface area contributed by atoms with Crippen LogP contribution in [0.15, 0.2) is 29.6 Å². The first-order valence-corrected chi connectivity index (χ1v) is 6.90. The van der Waals surface area contributed by atoms with E-state index in [2.05, 4.69) is 4.98 Å². The van der Waals surface area contributed by atoms with Crippen LogP contribution in [0.3, 0.4) is 0 Å². The molecule has 0 saturated heterocycles. The largest absolute Gasteiger partial charge is 0.481 e. The SMILES string of the molecule is CCOCc1ccc(-c2nc(CC(=O)O)cs2)cc1. The first kappa shape index (κ1) is 13.7. The van der Waals surface area contributed by atoms with Crippen molar-refractivity contribution in [2.24, 2.45) is 0 Å². The Bertz CT molecular complexity index is 548. The van der Waals surface area contributed by atoms with Gasteiger partial charge in [-0.25, -0.2) is 4.98 Å². The van der Waals surface area contributed by atoms with Gasteiger partial charge in [0.05, 0.1) is 18.7 Å². The Kier molecular flexibility index (Phi) is 4.65. The minimum Gasteiger partial charge on any atom is -0.481 e. The smallest absolute Gasteiger partial charge is 0.309 e. The van der Waals surface area contributed by atoms with E-state index in [4.69, 9.17) is 9.84 Å². The third kappa shape index (κ3) is 3.87. The predicted molar refractivity (Wildman–Crippen MR) is 74.2 cm³/mol. The zero-order valence-electron chi connectivity index (χ0n) is 10.6. The summed E-state index contributed by atoms with van der Waals surface area (Å²) < 4.78 is 5.33. The molecule has 1 N–H and O–H groups in total. The minimum absolute atomic E-state index is 0.0288. The molecule has 19 heavy (non-hydrogen) atoms. The number of carboxylic acid groups (broad SMARTS) is 1. The fourth-order valence-electron chi connectivity index (χ4n) is 1.64. The number of ether oxygens (including phenoxy) is 1. The number of nitrogens with zero attached hydrogens (tertiary/aromatic N) is 1. The van der Waals surface area contributed by atoms with Crippen molar-refractivity contribution < 1.29 is 14.6 Å². The van der Waals surface area contributed by atoms with Crippen molar-refractivity contribution in [2.75, 3.05) is 6.61 Å². The summed E-state index contributed by atoms with van der Waals surface area (Å²) in [4.78, 5) is 14.9. The van der Waals surface area contributed by atoms with E-state index >= 15 is 0 Å². The predicted octanol–water partition coefficient (Wildman–Crippen LogP) is 2.97. The average molecular weight is 277 g/mol. The zero-order valence-corrected chi connectivity index (χ0v) is 11.4. The second kappa shape index (κ2) is 6.45. The second-order valence-electron chi connectivity index (χ2n) is 4.05. The van der Waals surface area contributed by atoms with Gasteiger partial charge in [0.1, 0.15) is 5.01 Å². The summed E-state index contributed by atoms with van der Waals surface area (Å²) >= 11 is 1.46. The van der Waals surface area contributed by atoms with Crippen molar-refractivity contribution in [1.29, 1.82) is 0 Å². The van der Waals surface area contributed by atoms with Crippen LogP contribution in [0.1, 0.15) is 18.2 Å². The zero-order chi connectivity index (χ0) is 13.7. The highest BCUT2D eigenvalue weighted by atomic mass is 32.1. The van der Waals surface area contributed by atoms with E-state index in [9.17, 15) is 4.79 Å². The summed E-state index contributed by atoms with van der Waals surface area (Å²) in [6.45, 7) is 3.28. The maximum atomic E-state index is 10.6. The van der Waals surface area contributed by atoms with Gasteiger partial charge in [0, 0.05) is 17.6 Å². The normalized spacial score (nSPS) is 10.6. The van der Waals surface area contributed by atoms with E-state index < -0.39 is 5.97 Å². The van der Waals surface area contributed by atoms with E-state index in [-0.39, 0.29) is 6.42 Å². The molecule has 0 fully saturated rings. The molecule has 0 aliphatic heterocycles. The molecule has 2 aromatic rings. The van der Waals surface area contributed by atoms with Crippen LogP contribution in [-0.4, -0.2) is 22.7 Å². The Labute approximate surface area is 115 Å². The molecule has 0 spiro atoms. The molecule has 1 aromatic heterocycles. The number of benzene rings is 1. The Morgan fingerprint density at radius 1 is 1.37 bits per heavy atom. The van der Waals surface area contributed by atoms with Crippen LogP contribution < -0.4 is 0 Å². The Balaban J connectivity index is 2.09. The molecule has 5 heteroatoms. The summed E-state index contributed by atoms with van der Waals surface area (Å²) in [6, 6.07) is 7.97. The maximum absolute atomic E-state index is 10.6. The first-order valence-electron chi connectivity index (χ1n) is 6.02. The highest BCUT2D eigenvalue weighted by Gasteiger charge is 2.07. The van der Waals surface area contributed by atoms with Crippen LogP contribution in [0.5, 0.6) is 0 Å². The summed E-state index contributed by atoms with van der Waals surface area (Å²) in [5, 5.41) is 11.4. The van der Waals surface area contributed by atoms with Gasteiger partial charge in [-0.15, -0.1) is 11.3 Å². The topological polar surface area (TPSA) is 59.4 Å². The van der Waals surface area contributed by atoms with Crippen molar-refractivity contribution in [1.82, 2.24) is 4.98 Å². The number of aromatic nitrogens is 1. The second-order valence-corrected chi connectivity index (χ2v) is 4.91. The average Bonchev–Trinajstić information content (AvgIpc) is 2.84. The number of thiazole rings is 1. The van der Waals surface area contributed by atoms with Gasteiger partial charge in [0.15, 0.2) is 0 Å². The van der Waals surface area contributed by atoms with E-state index in [0.717, 1.165) is 16.1 Å². The fourth-order valence-corrected chi connectivity index (χ4v) is 2.46. The molecule has 4 nitrogen and oxygen atoms in total. The highest BCUT2D eigenvalue weighted by Crippen LogP contribution is 2.24. The number of aliphatic carboxylic acids is 1. The van der Waals surface area contributed by atoms with Gasteiger partial charge in [-0.1, -0.05) is 24.3 Å². The molecule has 0 radical (unpaired) electrons. The molecule has 2 rings (SSSR count). The van der Waals surface area contributed by atoms with E-state index in [1.807, 2.05) is 31.2 Å². The molecule has 0 atom stereocenters. The van der Waals surface area contributed by atoms with Crippen LogP contribution in [0.4, 0.5) is 0 Å². The summed E-state index contributed by atoms with van der Waals surface area (Å²) in [7, 11) is 0. The van der Waals surface area contributed by atoms with E-state index in [0.29, 0.717) is 18.9 Å². The number of hydrogen-bond acceptors (Lipinski definition) is 4. The number of carbonyl (C=O) groups is 1. The minimum atomic E-state index is -0.857. The van der Waals surface area contributed by atoms with Crippen molar-refractivity contribution in [3.63, 3.8) is 0 Å². The molecule has 1 aromatic carbocycles. The first-order chi connectivity index (χ1) is 9.19. The standard InChI is InChI=1S/C14H15NO3S/c1-2-18-8-10-3-5-11(6-4-10)14-15-12(9-19-14)7-13(16)17/h3-6,9H,2,7-8H2,1H3,(H,16,17). The number of carboxylic acids is 1. The van der Waals surface area contributed by atoms with Crippen LogP contribution in [-0.2, 0) is 22.6 Å². The molecular weight excluding hydrogens is 262 g/mol. The van der Waals surface area contributed by atoms with Gasteiger partial charge >= 0.3 is 5.97 Å². The summed E-state index contributed by atoms with van der Waals surface area (Å²) in [6.07, 6.45) is -0.0288. The molecule has 100 valence electrons. The fraction of sp³-hybridized carbons (Fsp3) is 0.286. The monoisotopic (exact) mass is 277 g/mol. The molecule has 0 amide bonds. The number of rotatable bonds is 6. The third-order valence-electron chi connectivity index (χ3n) is 2.56. The van der Waals surface area contributed by atoms with Crippen LogP contribution in [0.25, 0.3) is 10.6 Å². The van der Waals surface area contributed by atoms with Crippen LogP contribution >= 0.6 is 11.3 Å². The lowest BCUT2D eigenvalue weighted by Crippen LogP contribution is -1.99. The van der Waals surface area contributed by atoms with Crippen molar-refractivity contribution in [3.8, 4) is 10.6 Å². The molecule has 0 aliphatic carbocycles. The Morgan fingerprint density at radius 3 is 2.74 bits per heavy atom. The van der Waals surface area contributed by atoms with Crippen molar-refractivity contribution >= 4 is 17.3 Å². The molecule has 0 saturated carbocycles. The third-order valence-corrected chi connectivity index (χ3v) is 3.50. The Hall–Kier alpha value is -1.72. The van der Waals surface area contributed by atoms with Gasteiger partial charge in [-0.3, -0.25) is 4.79 Å². The van der Waals surface area contributed by atoms with Gasteiger partial charge in [0.2, 0.25) is 0 Å². The summed E-state index contributed by atoms with van der Waals surface area (Å²) in [5.41, 5.74) is 2.72. The van der Waals surface area contributed by atoms with Gasteiger partial charge in [-0.2, -0.15) is 0 Å².